The number of allylic oxidation sites excluding steroid dienone is 2. The first-order chi connectivity index (χ1) is 22.1. The Kier molecular flexibility index (Phi) is 29.4. The first-order valence-electron chi connectivity index (χ1n) is 17.7. The highest BCUT2D eigenvalue weighted by Gasteiger charge is 2.28. The summed E-state index contributed by atoms with van der Waals surface area (Å²) in [5.41, 5.74) is 0. The topological polar surface area (TPSA) is 169 Å². The molecule has 0 aromatic carbocycles. The summed E-state index contributed by atoms with van der Waals surface area (Å²) in [6.07, 6.45) is 25.8. The molecule has 4 N–H and O–H groups in total. The Hall–Kier alpha value is -1.78. The lowest BCUT2D eigenvalue weighted by Crippen LogP contribution is -2.43. The summed E-state index contributed by atoms with van der Waals surface area (Å²) in [7, 11) is -4.73. The average Bonchev–Trinajstić information content (AvgIpc) is 3.02. The van der Waals surface area contributed by atoms with Crippen LogP contribution in [-0.4, -0.2) is 64.9 Å². The molecule has 0 fully saturated rings. The minimum Gasteiger partial charge on any atom is -0.480 e. The van der Waals surface area contributed by atoms with E-state index in [1.165, 1.54) is 44.9 Å². The molecule has 3 atom stereocenters. The van der Waals surface area contributed by atoms with Gasteiger partial charge >= 0.3 is 19.8 Å². The molecule has 11 nitrogen and oxygen atoms in total. The van der Waals surface area contributed by atoms with E-state index in [0.29, 0.717) is 12.8 Å². The van der Waals surface area contributed by atoms with Crippen molar-refractivity contribution in [1.29, 1.82) is 0 Å². The van der Waals surface area contributed by atoms with Gasteiger partial charge in [-0.3, -0.25) is 18.6 Å². The zero-order valence-electron chi connectivity index (χ0n) is 28.6. The zero-order chi connectivity index (χ0) is 34.3. The molecule has 0 radical (unpaired) electrons. The molecule has 0 rings (SSSR count). The number of hydrogen-bond donors (Lipinski definition) is 4. The predicted octanol–water partition coefficient (Wildman–Crippen LogP) is 7.77. The minimum absolute atomic E-state index is 0.144. The maximum atomic E-state index is 12.1. The Balaban J connectivity index is 3.92. The summed E-state index contributed by atoms with van der Waals surface area (Å²) in [5.74, 6) is -2.39. The second-order valence-electron chi connectivity index (χ2n) is 12.1. The van der Waals surface area contributed by atoms with Gasteiger partial charge < -0.3 is 25.2 Å². The second kappa shape index (κ2) is 30.5. The standard InChI is InChI=1S/C34H64NO10P/c1-3-5-7-9-11-12-13-14-15-16-17-18-19-20-22-24-26-33(38)43-27-30(36)28-44-46(41,42)45-29-31(34(39)40)35-32(37)25-23-21-10-8-6-4-2/h15-16,30-31,36H,3-14,17-29H2,1-2H3,(H,35,37)(H,39,40)(H,41,42)/b16-15-. The lowest BCUT2D eigenvalue weighted by molar-refractivity contribution is -0.147. The number of ether oxygens (including phenoxy) is 1. The number of unbranched alkanes of at least 4 members (excludes halogenated alkanes) is 17. The van der Waals surface area contributed by atoms with E-state index in [4.69, 9.17) is 13.8 Å². The maximum Gasteiger partial charge on any atom is 0.472 e. The number of aliphatic hydroxyl groups excluding tert-OH is 1. The van der Waals surface area contributed by atoms with Crippen LogP contribution < -0.4 is 5.32 Å². The van der Waals surface area contributed by atoms with Gasteiger partial charge in [-0.25, -0.2) is 9.36 Å². The van der Waals surface area contributed by atoms with E-state index in [1.54, 1.807) is 0 Å². The average molecular weight is 678 g/mol. The van der Waals surface area contributed by atoms with Crippen molar-refractivity contribution in [3.8, 4) is 0 Å². The number of aliphatic carboxylic acids is 1. The van der Waals surface area contributed by atoms with Crippen molar-refractivity contribution in [3.63, 3.8) is 0 Å². The van der Waals surface area contributed by atoms with Gasteiger partial charge in [-0.2, -0.15) is 0 Å². The van der Waals surface area contributed by atoms with Crippen molar-refractivity contribution < 1.29 is 47.8 Å². The van der Waals surface area contributed by atoms with Gasteiger partial charge in [-0.05, 0) is 38.5 Å². The van der Waals surface area contributed by atoms with Crippen LogP contribution in [0.15, 0.2) is 12.2 Å². The van der Waals surface area contributed by atoms with Crippen LogP contribution in [0.5, 0.6) is 0 Å². The SMILES string of the molecule is CCCCCCCCC/C=C\CCCCCCCC(=O)OCC(O)COP(=O)(O)OCC(NC(=O)CCCCCCCC)C(=O)O. The van der Waals surface area contributed by atoms with Crippen molar-refractivity contribution in [1.82, 2.24) is 5.32 Å². The lowest BCUT2D eigenvalue weighted by atomic mass is 10.1. The van der Waals surface area contributed by atoms with E-state index in [1.807, 2.05) is 0 Å². The summed E-state index contributed by atoms with van der Waals surface area (Å²) < 4.78 is 26.5. The minimum atomic E-state index is -4.73. The van der Waals surface area contributed by atoms with E-state index in [-0.39, 0.29) is 12.8 Å². The summed E-state index contributed by atoms with van der Waals surface area (Å²) >= 11 is 0. The maximum absolute atomic E-state index is 12.1. The zero-order valence-corrected chi connectivity index (χ0v) is 29.5. The van der Waals surface area contributed by atoms with Crippen LogP contribution in [0.2, 0.25) is 0 Å². The van der Waals surface area contributed by atoms with Crippen molar-refractivity contribution in [2.24, 2.45) is 0 Å². The number of carboxylic acid groups (broad SMARTS) is 1. The monoisotopic (exact) mass is 677 g/mol. The molecular formula is C34H64NO10P. The van der Waals surface area contributed by atoms with Gasteiger partial charge in [0.15, 0.2) is 6.04 Å². The number of esters is 1. The molecule has 270 valence electrons. The highest BCUT2D eigenvalue weighted by Crippen LogP contribution is 2.43. The number of rotatable bonds is 33. The van der Waals surface area contributed by atoms with Crippen LogP contribution in [0.3, 0.4) is 0 Å². The normalized spacial score (nSPS) is 14.2. The van der Waals surface area contributed by atoms with Crippen molar-refractivity contribution in [2.75, 3.05) is 19.8 Å². The number of amides is 1. The number of phosphoric acid groups is 1. The number of aliphatic hydroxyl groups is 1. The molecule has 0 saturated carbocycles. The summed E-state index contributed by atoms with van der Waals surface area (Å²) in [6, 6.07) is -1.54. The Labute approximate surface area is 277 Å². The van der Waals surface area contributed by atoms with Gasteiger partial charge in [-0.1, -0.05) is 116 Å². The molecule has 0 bridgehead atoms. The van der Waals surface area contributed by atoms with Crippen LogP contribution in [0.25, 0.3) is 0 Å². The molecule has 0 aromatic heterocycles. The molecule has 0 heterocycles. The van der Waals surface area contributed by atoms with Crippen molar-refractivity contribution in [2.45, 2.75) is 167 Å². The van der Waals surface area contributed by atoms with Crippen molar-refractivity contribution >= 4 is 25.7 Å². The lowest BCUT2D eigenvalue weighted by Gasteiger charge is -2.18. The van der Waals surface area contributed by atoms with E-state index in [2.05, 4.69) is 31.3 Å². The Bertz CT molecular complexity index is 854. The molecule has 3 unspecified atom stereocenters. The number of phosphoric ester groups is 1. The first-order valence-corrected chi connectivity index (χ1v) is 19.2. The number of nitrogens with one attached hydrogen (secondary N) is 1. The van der Waals surface area contributed by atoms with E-state index in [0.717, 1.165) is 70.6 Å². The Morgan fingerprint density at radius 2 is 1.13 bits per heavy atom. The molecule has 0 aliphatic heterocycles. The fourth-order valence-corrected chi connectivity index (χ4v) is 5.49. The summed E-state index contributed by atoms with van der Waals surface area (Å²) in [4.78, 5) is 45.3. The highest BCUT2D eigenvalue weighted by atomic mass is 31.2. The summed E-state index contributed by atoms with van der Waals surface area (Å²) in [5, 5.41) is 21.6. The molecule has 0 aliphatic rings. The van der Waals surface area contributed by atoms with Gasteiger partial charge in [0.2, 0.25) is 5.91 Å². The third kappa shape index (κ3) is 29.6. The van der Waals surface area contributed by atoms with Crippen molar-refractivity contribution in [3.05, 3.63) is 12.2 Å². The first kappa shape index (κ1) is 44.2. The quantitative estimate of drug-likeness (QED) is 0.0233. The molecule has 0 spiro atoms. The van der Waals surface area contributed by atoms with E-state index in [9.17, 15) is 34.1 Å². The molecule has 0 aromatic rings. The van der Waals surface area contributed by atoms with E-state index < -0.39 is 57.6 Å². The van der Waals surface area contributed by atoms with Crippen LogP contribution in [-0.2, 0) is 32.7 Å². The van der Waals surface area contributed by atoms with Gasteiger partial charge in [0, 0.05) is 12.8 Å². The fraction of sp³-hybridized carbons (Fsp3) is 0.853. The molecular weight excluding hydrogens is 613 g/mol. The van der Waals surface area contributed by atoms with Crippen LogP contribution >= 0.6 is 7.82 Å². The third-order valence-corrected chi connectivity index (χ3v) is 8.51. The highest BCUT2D eigenvalue weighted by molar-refractivity contribution is 7.47. The molecule has 12 heteroatoms. The molecule has 1 amide bonds. The van der Waals surface area contributed by atoms with Crippen LogP contribution in [0, 0.1) is 0 Å². The number of carboxylic acids is 1. The molecule has 46 heavy (non-hydrogen) atoms. The van der Waals surface area contributed by atoms with E-state index >= 15 is 0 Å². The smallest absolute Gasteiger partial charge is 0.472 e. The van der Waals surface area contributed by atoms with Gasteiger partial charge in [0.05, 0.1) is 13.2 Å². The van der Waals surface area contributed by atoms with Gasteiger partial charge in [0.25, 0.3) is 0 Å². The Morgan fingerprint density at radius 3 is 1.65 bits per heavy atom. The number of carbonyl (C=O) groups excluding carboxylic acids is 2. The molecule has 0 saturated heterocycles. The second-order valence-corrected chi connectivity index (χ2v) is 13.5. The fourth-order valence-electron chi connectivity index (χ4n) is 4.72. The number of hydrogen-bond acceptors (Lipinski definition) is 8. The largest absolute Gasteiger partial charge is 0.480 e. The summed E-state index contributed by atoms with van der Waals surface area (Å²) in [6.45, 7) is 2.46. The molecule has 0 aliphatic carbocycles. The van der Waals surface area contributed by atoms with Gasteiger partial charge in [0.1, 0.15) is 12.7 Å². The number of carbonyl (C=O) groups is 3. The third-order valence-electron chi connectivity index (χ3n) is 7.55. The Morgan fingerprint density at radius 1 is 0.674 bits per heavy atom. The van der Waals surface area contributed by atoms with Crippen LogP contribution in [0.4, 0.5) is 0 Å². The van der Waals surface area contributed by atoms with Crippen LogP contribution in [0.1, 0.15) is 155 Å². The van der Waals surface area contributed by atoms with Gasteiger partial charge in [-0.15, -0.1) is 0 Å². The predicted molar refractivity (Wildman–Crippen MR) is 180 cm³/mol.